The first-order valence-corrected chi connectivity index (χ1v) is 8.68. The van der Waals surface area contributed by atoms with Crippen LogP contribution in [0.3, 0.4) is 0 Å². The summed E-state index contributed by atoms with van der Waals surface area (Å²) in [5, 5.41) is 0.366. The van der Waals surface area contributed by atoms with Crippen LogP contribution in [-0.4, -0.2) is 35.8 Å². The molecule has 0 radical (unpaired) electrons. The van der Waals surface area contributed by atoms with E-state index in [0.29, 0.717) is 21.2 Å². The van der Waals surface area contributed by atoms with Gasteiger partial charge in [-0.15, -0.1) is 11.3 Å². The molecule has 0 unspecified atom stereocenters. The number of carbonyl (C=O) groups is 3. The molecule has 1 aromatic heterocycles. The molecule has 0 saturated heterocycles. The van der Waals surface area contributed by atoms with Gasteiger partial charge in [-0.05, 0) is 30.3 Å². The van der Waals surface area contributed by atoms with Crippen LogP contribution in [-0.2, 0) is 4.74 Å². The molecule has 5 nitrogen and oxygen atoms in total. The van der Waals surface area contributed by atoms with Gasteiger partial charge in [0.15, 0.2) is 0 Å². The van der Waals surface area contributed by atoms with Crippen LogP contribution in [0.4, 0.5) is 4.39 Å². The van der Waals surface area contributed by atoms with Gasteiger partial charge in [-0.2, -0.15) is 0 Å². The smallest absolute Gasteiger partial charge is 0.348 e. The van der Waals surface area contributed by atoms with E-state index < -0.39 is 23.6 Å². The summed E-state index contributed by atoms with van der Waals surface area (Å²) in [5.41, 5.74) is 0.701. The molecule has 0 N–H and O–H groups in total. The summed E-state index contributed by atoms with van der Waals surface area (Å²) >= 11 is 1.13. The van der Waals surface area contributed by atoms with Gasteiger partial charge < -0.3 is 4.74 Å². The number of halogens is 1. The molecule has 26 heavy (non-hydrogen) atoms. The topological polar surface area (TPSA) is 63.7 Å². The van der Waals surface area contributed by atoms with E-state index in [-0.39, 0.29) is 18.0 Å². The third-order valence-electron chi connectivity index (χ3n) is 4.14. The van der Waals surface area contributed by atoms with Crippen molar-refractivity contribution >= 4 is 39.2 Å². The summed E-state index contributed by atoms with van der Waals surface area (Å²) in [4.78, 5) is 38.0. The first kappa shape index (κ1) is 16.4. The van der Waals surface area contributed by atoms with Crippen molar-refractivity contribution in [3.8, 4) is 0 Å². The Bertz CT molecular complexity index is 1020. The van der Waals surface area contributed by atoms with Gasteiger partial charge in [0.05, 0.1) is 17.7 Å². The van der Waals surface area contributed by atoms with Crippen molar-refractivity contribution in [3.05, 3.63) is 70.4 Å². The first-order chi connectivity index (χ1) is 12.6. The zero-order valence-corrected chi connectivity index (χ0v) is 14.2. The highest BCUT2D eigenvalue weighted by Crippen LogP contribution is 2.28. The van der Waals surface area contributed by atoms with Gasteiger partial charge in [0.1, 0.15) is 17.3 Å². The monoisotopic (exact) mass is 369 g/mol. The number of hydrogen-bond donors (Lipinski definition) is 0. The molecule has 1 aliphatic rings. The first-order valence-electron chi connectivity index (χ1n) is 7.86. The van der Waals surface area contributed by atoms with E-state index in [0.717, 1.165) is 16.2 Å². The van der Waals surface area contributed by atoms with Gasteiger partial charge in [0, 0.05) is 10.1 Å². The van der Waals surface area contributed by atoms with Crippen molar-refractivity contribution in [1.82, 2.24) is 4.90 Å². The lowest BCUT2D eigenvalue weighted by molar-refractivity contribution is 0.0424. The molecule has 130 valence electrons. The van der Waals surface area contributed by atoms with Gasteiger partial charge in [-0.25, -0.2) is 9.18 Å². The van der Waals surface area contributed by atoms with E-state index in [2.05, 4.69) is 0 Å². The Kier molecular flexibility index (Phi) is 4.00. The fraction of sp³-hybridized carbons (Fsp3) is 0.105. The van der Waals surface area contributed by atoms with Gasteiger partial charge in [-0.3, -0.25) is 14.5 Å². The Labute approximate surface area is 151 Å². The standard InChI is InChI=1S/C19H12FNO4S/c20-14-6-3-7-15-13(14)10-16(26-15)19(24)25-9-8-21-17(22)11-4-1-2-5-12(11)18(21)23/h1-7,10H,8-9H2. The maximum absolute atomic E-state index is 13.7. The predicted octanol–water partition coefficient (Wildman–Crippen LogP) is 3.49. The Hall–Kier alpha value is -3.06. The second-order valence-corrected chi connectivity index (χ2v) is 6.79. The molecule has 0 spiro atoms. The zero-order chi connectivity index (χ0) is 18.3. The number of benzene rings is 2. The maximum Gasteiger partial charge on any atom is 0.348 e. The Morgan fingerprint density at radius 1 is 1.04 bits per heavy atom. The number of rotatable bonds is 4. The van der Waals surface area contributed by atoms with Crippen molar-refractivity contribution in [1.29, 1.82) is 0 Å². The molecule has 0 saturated carbocycles. The number of fused-ring (bicyclic) bond motifs is 2. The molecular formula is C19H12FNO4S. The van der Waals surface area contributed by atoms with E-state index in [1.807, 2.05) is 0 Å². The number of nitrogens with zero attached hydrogens (tertiary/aromatic N) is 1. The highest BCUT2D eigenvalue weighted by molar-refractivity contribution is 7.20. The summed E-state index contributed by atoms with van der Waals surface area (Å²) in [6.45, 7) is -0.154. The number of hydrogen-bond acceptors (Lipinski definition) is 5. The fourth-order valence-corrected chi connectivity index (χ4v) is 3.84. The Balaban J connectivity index is 1.42. The second-order valence-electron chi connectivity index (χ2n) is 5.71. The molecule has 0 atom stereocenters. The van der Waals surface area contributed by atoms with E-state index in [9.17, 15) is 18.8 Å². The molecule has 3 aromatic rings. The predicted molar refractivity (Wildman–Crippen MR) is 93.9 cm³/mol. The molecule has 2 aromatic carbocycles. The number of ether oxygens (including phenoxy) is 1. The summed E-state index contributed by atoms with van der Waals surface area (Å²) < 4.78 is 19.5. The number of carbonyl (C=O) groups excluding carboxylic acids is 3. The molecule has 2 amide bonds. The number of imide groups is 1. The summed E-state index contributed by atoms with van der Waals surface area (Å²) in [6.07, 6.45) is 0. The van der Waals surface area contributed by atoms with Crippen LogP contribution in [0.5, 0.6) is 0 Å². The minimum absolute atomic E-state index is 0.0304. The normalized spacial score (nSPS) is 13.3. The highest BCUT2D eigenvalue weighted by atomic mass is 32.1. The third-order valence-corrected chi connectivity index (χ3v) is 5.22. The SMILES string of the molecule is O=C(OCCN1C(=O)c2ccccc2C1=O)c1cc2c(F)cccc2s1. The average molecular weight is 369 g/mol. The molecule has 0 bridgehead atoms. The molecular weight excluding hydrogens is 357 g/mol. The van der Waals surface area contributed by atoms with E-state index in [1.165, 1.54) is 12.1 Å². The molecule has 7 heteroatoms. The lowest BCUT2D eigenvalue weighted by Crippen LogP contribution is -2.33. The quantitative estimate of drug-likeness (QED) is 0.522. The van der Waals surface area contributed by atoms with E-state index >= 15 is 0 Å². The van der Waals surface area contributed by atoms with Crippen LogP contribution >= 0.6 is 11.3 Å². The van der Waals surface area contributed by atoms with Crippen molar-refractivity contribution in [2.75, 3.05) is 13.2 Å². The summed E-state index contributed by atoms with van der Waals surface area (Å²) in [6, 6.07) is 12.6. The lowest BCUT2D eigenvalue weighted by atomic mass is 10.1. The van der Waals surface area contributed by atoms with Crippen LogP contribution in [0.25, 0.3) is 10.1 Å². The van der Waals surface area contributed by atoms with E-state index in [1.54, 1.807) is 36.4 Å². The Morgan fingerprint density at radius 2 is 1.73 bits per heavy atom. The maximum atomic E-state index is 13.7. The fourth-order valence-electron chi connectivity index (χ4n) is 2.87. The number of esters is 1. The number of thiophene rings is 1. The largest absolute Gasteiger partial charge is 0.460 e. The molecule has 2 heterocycles. The number of amides is 2. The highest BCUT2D eigenvalue weighted by Gasteiger charge is 2.34. The molecule has 4 rings (SSSR count). The third kappa shape index (κ3) is 2.66. The molecule has 0 aliphatic carbocycles. The second kappa shape index (κ2) is 6.34. The van der Waals surface area contributed by atoms with Crippen molar-refractivity contribution < 1.29 is 23.5 Å². The molecule has 1 aliphatic heterocycles. The van der Waals surface area contributed by atoms with Gasteiger partial charge in [0.25, 0.3) is 11.8 Å². The van der Waals surface area contributed by atoms with Gasteiger partial charge >= 0.3 is 5.97 Å². The van der Waals surface area contributed by atoms with Crippen LogP contribution in [0, 0.1) is 5.82 Å². The van der Waals surface area contributed by atoms with Gasteiger partial charge in [0.2, 0.25) is 0 Å². The van der Waals surface area contributed by atoms with Gasteiger partial charge in [-0.1, -0.05) is 18.2 Å². The van der Waals surface area contributed by atoms with Crippen LogP contribution in [0.1, 0.15) is 30.4 Å². The van der Waals surface area contributed by atoms with Crippen molar-refractivity contribution in [2.24, 2.45) is 0 Å². The molecule has 0 fully saturated rings. The minimum Gasteiger partial charge on any atom is -0.460 e. The zero-order valence-electron chi connectivity index (χ0n) is 13.4. The van der Waals surface area contributed by atoms with Crippen molar-refractivity contribution in [2.45, 2.75) is 0 Å². The summed E-state index contributed by atoms with van der Waals surface area (Å²) in [7, 11) is 0. The summed E-state index contributed by atoms with van der Waals surface area (Å²) in [5.74, 6) is -1.80. The van der Waals surface area contributed by atoms with E-state index in [4.69, 9.17) is 4.74 Å². The minimum atomic E-state index is -0.609. The Morgan fingerprint density at radius 3 is 2.38 bits per heavy atom. The average Bonchev–Trinajstić information content (AvgIpc) is 3.18. The van der Waals surface area contributed by atoms with Crippen LogP contribution in [0.15, 0.2) is 48.5 Å². The van der Waals surface area contributed by atoms with Crippen LogP contribution in [0.2, 0.25) is 0 Å². The van der Waals surface area contributed by atoms with Crippen molar-refractivity contribution in [3.63, 3.8) is 0 Å². The van der Waals surface area contributed by atoms with Crippen LogP contribution < -0.4 is 0 Å². The lowest BCUT2D eigenvalue weighted by Gasteiger charge is -2.13.